The number of nitrogens with zero attached hydrogens (tertiary/aromatic N) is 1. The molecule has 1 atom stereocenters. The predicted molar refractivity (Wildman–Crippen MR) is 50.9 cm³/mol. The molecule has 0 aromatic heterocycles. The third kappa shape index (κ3) is 3.57. The fourth-order valence-corrected chi connectivity index (χ4v) is 1.37. The first-order valence-electron chi connectivity index (χ1n) is 4.73. The number of carboxylic acid groups (broad SMARTS) is 2. The number of carboxylic acids is 2. The van der Waals surface area contributed by atoms with Gasteiger partial charge in [-0.2, -0.15) is 0 Å². The minimum atomic E-state index is -1.01. The first-order valence-corrected chi connectivity index (χ1v) is 4.73. The predicted octanol–water partition coefficient (Wildman–Crippen LogP) is 0.371. The molecule has 0 bridgehead atoms. The van der Waals surface area contributed by atoms with Crippen molar-refractivity contribution < 1.29 is 24.5 Å². The molecule has 84 valence electrons. The first kappa shape index (κ1) is 11.5. The number of aliphatic carboxylic acids is 2. The molecular weight excluding hydrogens is 202 g/mol. The summed E-state index contributed by atoms with van der Waals surface area (Å²) < 4.78 is 5.06. The van der Waals surface area contributed by atoms with Gasteiger partial charge < -0.3 is 14.9 Å². The zero-order valence-corrected chi connectivity index (χ0v) is 8.18. The van der Waals surface area contributed by atoms with E-state index >= 15 is 0 Å². The van der Waals surface area contributed by atoms with Crippen molar-refractivity contribution in [1.82, 2.24) is 0 Å². The molecule has 2 N–H and O–H groups in total. The fourth-order valence-electron chi connectivity index (χ4n) is 1.37. The summed E-state index contributed by atoms with van der Waals surface area (Å²) in [6, 6.07) is 0. The summed E-state index contributed by atoms with van der Waals surface area (Å²) >= 11 is 0. The van der Waals surface area contributed by atoms with Crippen molar-refractivity contribution in [2.45, 2.75) is 19.3 Å². The second-order valence-corrected chi connectivity index (χ2v) is 3.25. The molecule has 1 rings (SSSR count). The average molecular weight is 215 g/mol. The standard InChI is InChI=1S/C9H13NO5/c11-7(12)3-1-2-6(9(13)14)8-10-4-5-15-8/h6H,1-5H2,(H,11,12)(H,13,14). The lowest BCUT2D eigenvalue weighted by Crippen LogP contribution is -2.24. The Morgan fingerprint density at radius 2 is 2.20 bits per heavy atom. The second-order valence-electron chi connectivity index (χ2n) is 3.25. The average Bonchev–Trinajstić information content (AvgIpc) is 2.63. The zero-order chi connectivity index (χ0) is 11.3. The van der Waals surface area contributed by atoms with Crippen LogP contribution in [-0.4, -0.2) is 41.2 Å². The van der Waals surface area contributed by atoms with Crippen LogP contribution >= 0.6 is 0 Å². The van der Waals surface area contributed by atoms with Crippen LogP contribution < -0.4 is 0 Å². The monoisotopic (exact) mass is 215 g/mol. The summed E-state index contributed by atoms with van der Waals surface area (Å²) in [5, 5.41) is 17.3. The molecule has 0 aromatic carbocycles. The number of aliphatic imine (C=N–C) groups is 1. The molecule has 0 aliphatic carbocycles. The van der Waals surface area contributed by atoms with Gasteiger partial charge in [0.25, 0.3) is 0 Å². The maximum atomic E-state index is 10.9. The van der Waals surface area contributed by atoms with Gasteiger partial charge in [0.2, 0.25) is 0 Å². The summed E-state index contributed by atoms with van der Waals surface area (Å²) in [5.74, 6) is -2.51. The molecule has 0 saturated heterocycles. The molecule has 1 aliphatic heterocycles. The highest BCUT2D eigenvalue weighted by atomic mass is 16.5. The minimum Gasteiger partial charge on any atom is -0.481 e. The van der Waals surface area contributed by atoms with Crippen molar-refractivity contribution in [3.8, 4) is 0 Å². The van der Waals surface area contributed by atoms with Crippen LogP contribution in [0.1, 0.15) is 19.3 Å². The Morgan fingerprint density at radius 1 is 1.47 bits per heavy atom. The van der Waals surface area contributed by atoms with E-state index in [-0.39, 0.29) is 18.7 Å². The number of carbonyl (C=O) groups is 2. The number of hydrogen-bond donors (Lipinski definition) is 2. The number of ether oxygens (including phenoxy) is 1. The third-order valence-electron chi connectivity index (χ3n) is 2.09. The largest absolute Gasteiger partial charge is 0.481 e. The van der Waals surface area contributed by atoms with Crippen molar-refractivity contribution in [1.29, 1.82) is 0 Å². The Bertz CT molecular complexity index is 286. The number of rotatable bonds is 6. The van der Waals surface area contributed by atoms with E-state index < -0.39 is 17.9 Å². The molecule has 6 heteroatoms. The van der Waals surface area contributed by atoms with E-state index in [1.54, 1.807) is 0 Å². The van der Waals surface area contributed by atoms with Gasteiger partial charge in [-0.15, -0.1) is 0 Å². The molecule has 1 heterocycles. The first-order chi connectivity index (χ1) is 7.11. The Hall–Kier alpha value is -1.59. The van der Waals surface area contributed by atoms with Gasteiger partial charge >= 0.3 is 11.9 Å². The van der Waals surface area contributed by atoms with Crippen molar-refractivity contribution in [2.75, 3.05) is 13.2 Å². The molecule has 1 aliphatic rings. The fraction of sp³-hybridized carbons (Fsp3) is 0.667. The quantitative estimate of drug-likeness (QED) is 0.667. The van der Waals surface area contributed by atoms with Crippen molar-refractivity contribution in [2.24, 2.45) is 10.9 Å². The SMILES string of the molecule is O=C(O)CCCC(C(=O)O)C1=NCCO1. The Balaban J connectivity index is 2.44. The van der Waals surface area contributed by atoms with Crippen LogP contribution in [0.15, 0.2) is 4.99 Å². The van der Waals surface area contributed by atoms with Crippen molar-refractivity contribution >= 4 is 17.8 Å². The Kier molecular flexibility index (Phi) is 4.08. The van der Waals surface area contributed by atoms with Gasteiger partial charge in [-0.1, -0.05) is 0 Å². The highest BCUT2D eigenvalue weighted by Gasteiger charge is 2.27. The second kappa shape index (κ2) is 5.33. The van der Waals surface area contributed by atoms with E-state index in [0.717, 1.165) is 0 Å². The van der Waals surface area contributed by atoms with Crippen LogP contribution in [0.2, 0.25) is 0 Å². The van der Waals surface area contributed by atoms with Crippen LogP contribution in [0, 0.1) is 5.92 Å². The van der Waals surface area contributed by atoms with E-state index in [0.29, 0.717) is 19.6 Å². The summed E-state index contributed by atoms with van der Waals surface area (Å²) in [6.45, 7) is 0.899. The zero-order valence-electron chi connectivity index (χ0n) is 8.18. The highest BCUT2D eigenvalue weighted by Crippen LogP contribution is 2.15. The molecule has 0 fully saturated rings. The molecule has 15 heavy (non-hydrogen) atoms. The van der Waals surface area contributed by atoms with Gasteiger partial charge in [-0.25, -0.2) is 0 Å². The summed E-state index contributed by atoms with van der Waals surface area (Å²) in [7, 11) is 0. The molecule has 0 aromatic rings. The topological polar surface area (TPSA) is 96.2 Å². The van der Waals surface area contributed by atoms with Crippen LogP contribution in [0.3, 0.4) is 0 Å². The lowest BCUT2D eigenvalue weighted by Gasteiger charge is -2.10. The molecular formula is C9H13NO5. The normalized spacial score (nSPS) is 16.7. The van der Waals surface area contributed by atoms with Gasteiger partial charge in [-0.3, -0.25) is 14.6 Å². The van der Waals surface area contributed by atoms with Crippen LogP contribution in [0.4, 0.5) is 0 Å². The van der Waals surface area contributed by atoms with Gasteiger partial charge in [0.15, 0.2) is 5.90 Å². The van der Waals surface area contributed by atoms with E-state index in [1.807, 2.05) is 0 Å². The molecule has 0 spiro atoms. The van der Waals surface area contributed by atoms with Crippen LogP contribution in [-0.2, 0) is 14.3 Å². The van der Waals surface area contributed by atoms with E-state index in [9.17, 15) is 9.59 Å². The summed E-state index contributed by atoms with van der Waals surface area (Å²) in [6.07, 6.45) is 0.534. The maximum absolute atomic E-state index is 10.9. The maximum Gasteiger partial charge on any atom is 0.315 e. The minimum absolute atomic E-state index is 0.0307. The third-order valence-corrected chi connectivity index (χ3v) is 2.09. The van der Waals surface area contributed by atoms with Gasteiger partial charge in [-0.05, 0) is 12.8 Å². The van der Waals surface area contributed by atoms with E-state index in [1.165, 1.54) is 0 Å². The molecule has 0 amide bonds. The van der Waals surface area contributed by atoms with Crippen LogP contribution in [0.5, 0.6) is 0 Å². The Morgan fingerprint density at radius 3 is 2.67 bits per heavy atom. The lowest BCUT2D eigenvalue weighted by molar-refractivity contribution is -0.141. The number of hydrogen-bond acceptors (Lipinski definition) is 4. The van der Waals surface area contributed by atoms with Crippen molar-refractivity contribution in [3.63, 3.8) is 0 Å². The highest BCUT2D eigenvalue weighted by molar-refractivity contribution is 5.97. The van der Waals surface area contributed by atoms with E-state index in [4.69, 9.17) is 14.9 Å². The van der Waals surface area contributed by atoms with Crippen LogP contribution in [0.25, 0.3) is 0 Å². The van der Waals surface area contributed by atoms with Gasteiger partial charge in [0.05, 0.1) is 6.54 Å². The summed E-state index contributed by atoms with van der Waals surface area (Å²) in [5.41, 5.74) is 0. The molecule has 1 unspecified atom stereocenters. The van der Waals surface area contributed by atoms with Crippen molar-refractivity contribution in [3.05, 3.63) is 0 Å². The van der Waals surface area contributed by atoms with Gasteiger partial charge in [0, 0.05) is 6.42 Å². The summed E-state index contributed by atoms with van der Waals surface area (Å²) in [4.78, 5) is 25.0. The lowest BCUT2D eigenvalue weighted by atomic mass is 10.0. The smallest absolute Gasteiger partial charge is 0.315 e. The molecule has 6 nitrogen and oxygen atoms in total. The van der Waals surface area contributed by atoms with Gasteiger partial charge in [0.1, 0.15) is 12.5 Å². The molecule has 0 radical (unpaired) electrons. The van der Waals surface area contributed by atoms with E-state index in [2.05, 4.69) is 4.99 Å². The molecule has 0 saturated carbocycles. The Labute approximate surface area is 86.6 Å².